The van der Waals surface area contributed by atoms with Gasteiger partial charge in [-0.3, -0.25) is 0 Å². The molecule has 1 aromatic heterocycles. The summed E-state index contributed by atoms with van der Waals surface area (Å²) in [5, 5.41) is 1.10. The van der Waals surface area contributed by atoms with Crippen LogP contribution in [0.3, 0.4) is 0 Å². The summed E-state index contributed by atoms with van der Waals surface area (Å²) in [4.78, 5) is 13.8. The molecule has 3 rings (SSSR count). The van der Waals surface area contributed by atoms with E-state index in [2.05, 4.69) is 6.07 Å². The van der Waals surface area contributed by atoms with Crippen LogP contribution in [0.2, 0.25) is 0 Å². The molecular weight excluding hydrogens is 278 g/mol. The Kier molecular flexibility index (Phi) is 3.69. The van der Waals surface area contributed by atoms with Gasteiger partial charge >= 0.3 is 6.09 Å². The number of hydrogen-bond donors (Lipinski definition) is 0. The monoisotopic (exact) mass is 299 g/mol. The number of carbonyl (C=O) groups is 1. The molecule has 0 radical (unpaired) electrons. The molecule has 0 unspecified atom stereocenters. The Balaban J connectivity index is 1.72. The molecule has 0 spiro atoms. The van der Waals surface area contributed by atoms with Gasteiger partial charge in [0.25, 0.3) is 0 Å². The summed E-state index contributed by atoms with van der Waals surface area (Å²) < 4.78 is 11.3. The van der Waals surface area contributed by atoms with Crippen molar-refractivity contribution in [3.63, 3.8) is 0 Å². The van der Waals surface area contributed by atoms with Crippen molar-refractivity contribution in [2.75, 3.05) is 13.1 Å². The van der Waals surface area contributed by atoms with Gasteiger partial charge in [0, 0.05) is 18.5 Å². The minimum atomic E-state index is -0.459. The number of fused-ring (bicyclic) bond motifs is 1. The second-order valence-corrected chi connectivity index (χ2v) is 6.55. The van der Waals surface area contributed by atoms with E-state index in [0.717, 1.165) is 28.7 Å². The number of ether oxygens (including phenoxy) is 1. The van der Waals surface area contributed by atoms with Crippen LogP contribution in [0.25, 0.3) is 16.5 Å². The van der Waals surface area contributed by atoms with Crippen LogP contribution in [0.5, 0.6) is 0 Å². The molecular formula is C18H21NO3. The van der Waals surface area contributed by atoms with Gasteiger partial charge in [-0.05, 0) is 44.9 Å². The fraction of sp³-hybridized carbons (Fsp3) is 0.389. The Morgan fingerprint density at radius 1 is 1.27 bits per heavy atom. The lowest BCUT2D eigenvalue weighted by Crippen LogP contribution is -2.39. The first-order valence-electron chi connectivity index (χ1n) is 7.58. The van der Waals surface area contributed by atoms with Gasteiger partial charge in [-0.1, -0.05) is 24.3 Å². The second kappa shape index (κ2) is 5.52. The van der Waals surface area contributed by atoms with E-state index in [-0.39, 0.29) is 6.09 Å². The lowest BCUT2D eigenvalue weighted by Gasteiger charge is -2.29. The summed E-state index contributed by atoms with van der Waals surface area (Å²) in [6.45, 7) is 6.85. The average Bonchev–Trinajstić information content (AvgIpc) is 2.89. The Bertz CT molecular complexity index is 688. The van der Waals surface area contributed by atoms with Gasteiger partial charge in [0.05, 0.1) is 0 Å². The van der Waals surface area contributed by atoms with Crippen molar-refractivity contribution in [2.24, 2.45) is 0 Å². The Morgan fingerprint density at radius 2 is 2.05 bits per heavy atom. The molecule has 0 fully saturated rings. The molecule has 0 saturated heterocycles. The first-order chi connectivity index (χ1) is 10.4. The zero-order valence-corrected chi connectivity index (χ0v) is 13.3. The Labute approximate surface area is 130 Å². The Morgan fingerprint density at radius 3 is 2.68 bits per heavy atom. The maximum absolute atomic E-state index is 12.0. The van der Waals surface area contributed by atoms with E-state index >= 15 is 0 Å². The minimum Gasteiger partial charge on any atom is -0.456 e. The highest BCUT2D eigenvalue weighted by Crippen LogP contribution is 2.28. The molecule has 2 heterocycles. The van der Waals surface area contributed by atoms with E-state index in [0.29, 0.717) is 13.1 Å². The number of carbonyl (C=O) groups excluding carboxylic acids is 1. The molecule has 0 atom stereocenters. The number of furan rings is 1. The fourth-order valence-electron chi connectivity index (χ4n) is 2.53. The summed E-state index contributed by atoms with van der Waals surface area (Å²) in [6.07, 6.45) is 2.57. The topological polar surface area (TPSA) is 42.7 Å². The van der Waals surface area contributed by atoms with Crippen LogP contribution in [0.1, 0.15) is 33.0 Å². The number of hydrogen-bond acceptors (Lipinski definition) is 3. The van der Waals surface area contributed by atoms with Gasteiger partial charge in [0.15, 0.2) is 0 Å². The molecule has 1 amide bonds. The van der Waals surface area contributed by atoms with E-state index in [1.54, 1.807) is 4.90 Å². The average molecular weight is 299 g/mol. The molecule has 4 nitrogen and oxygen atoms in total. The van der Waals surface area contributed by atoms with E-state index in [9.17, 15) is 4.79 Å². The van der Waals surface area contributed by atoms with Crippen molar-refractivity contribution >= 4 is 22.6 Å². The highest BCUT2D eigenvalue weighted by Gasteiger charge is 2.24. The molecule has 0 saturated carbocycles. The van der Waals surface area contributed by atoms with Crippen molar-refractivity contribution in [2.45, 2.75) is 32.8 Å². The van der Waals surface area contributed by atoms with Gasteiger partial charge < -0.3 is 14.1 Å². The normalized spacial score (nSPS) is 15.8. The standard InChI is InChI=1S/C18H21NO3/c1-18(2,3)22-17(20)19-10-8-13(9-11-19)16-12-14-6-4-5-7-15(14)21-16/h4-8,12H,9-11H2,1-3H3. The lowest BCUT2D eigenvalue weighted by atomic mass is 10.1. The number of para-hydroxylation sites is 1. The molecule has 1 aliphatic rings. The van der Waals surface area contributed by atoms with Crippen LogP contribution in [0.4, 0.5) is 4.79 Å². The third kappa shape index (κ3) is 3.16. The quantitative estimate of drug-likeness (QED) is 0.781. The largest absolute Gasteiger partial charge is 0.456 e. The number of rotatable bonds is 1. The second-order valence-electron chi connectivity index (χ2n) is 6.55. The predicted molar refractivity (Wildman–Crippen MR) is 86.6 cm³/mol. The molecule has 0 aliphatic carbocycles. The summed E-state index contributed by atoms with van der Waals surface area (Å²) in [5.41, 5.74) is 1.59. The molecule has 4 heteroatoms. The fourth-order valence-corrected chi connectivity index (χ4v) is 2.53. The van der Waals surface area contributed by atoms with Crippen LogP contribution in [0.15, 0.2) is 40.8 Å². The van der Waals surface area contributed by atoms with Crippen LogP contribution in [-0.2, 0) is 4.74 Å². The van der Waals surface area contributed by atoms with Gasteiger partial charge in [0.2, 0.25) is 0 Å². The smallest absolute Gasteiger partial charge is 0.410 e. The van der Waals surface area contributed by atoms with Crippen molar-refractivity contribution < 1.29 is 13.9 Å². The van der Waals surface area contributed by atoms with Crippen LogP contribution in [-0.4, -0.2) is 29.7 Å². The van der Waals surface area contributed by atoms with E-state index < -0.39 is 5.60 Å². The van der Waals surface area contributed by atoms with Gasteiger partial charge in [-0.15, -0.1) is 0 Å². The summed E-state index contributed by atoms with van der Waals surface area (Å²) >= 11 is 0. The highest BCUT2D eigenvalue weighted by molar-refractivity contribution is 5.82. The van der Waals surface area contributed by atoms with Crippen LogP contribution < -0.4 is 0 Å². The maximum atomic E-state index is 12.0. The van der Waals surface area contributed by atoms with Crippen LogP contribution >= 0.6 is 0 Å². The number of nitrogens with zero attached hydrogens (tertiary/aromatic N) is 1. The number of amides is 1. The van der Waals surface area contributed by atoms with Crippen molar-refractivity contribution in [3.05, 3.63) is 42.2 Å². The molecule has 2 aromatic rings. The van der Waals surface area contributed by atoms with E-state index in [4.69, 9.17) is 9.15 Å². The summed E-state index contributed by atoms with van der Waals surface area (Å²) in [7, 11) is 0. The Hall–Kier alpha value is -2.23. The summed E-state index contributed by atoms with van der Waals surface area (Å²) in [6, 6.07) is 10.0. The van der Waals surface area contributed by atoms with Crippen molar-refractivity contribution in [1.29, 1.82) is 0 Å². The molecule has 0 bridgehead atoms. The first kappa shape index (κ1) is 14.7. The molecule has 116 valence electrons. The zero-order valence-electron chi connectivity index (χ0n) is 13.3. The van der Waals surface area contributed by atoms with Crippen LogP contribution in [0, 0.1) is 0 Å². The minimum absolute atomic E-state index is 0.257. The third-order valence-corrected chi connectivity index (χ3v) is 3.60. The lowest BCUT2D eigenvalue weighted by molar-refractivity contribution is 0.0270. The molecule has 1 aromatic carbocycles. The zero-order chi connectivity index (χ0) is 15.7. The molecule has 22 heavy (non-hydrogen) atoms. The predicted octanol–water partition coefficient (Wildman–Crippen LogP) is 4.46. The van der Waals surface area contributed by atoms with Crippen molar-refractivity contribution in [1.82, 2.24) is 4.90 Å². The SMILES string of the molecule is CC(C)(C)OC(=O)N1CC=C(c2cc3ccccc3o2)CC1. The van der Waals surface area contributed by atoms with Gasteiger partial charge in [0.1, 0.15) is 16.9 Å². The van der Waals surface area contributed by atoms with E-state index in [1.807, 2.05) is 51.1 Å². The highest BCUT2D eigenvalue weighted by atomic mass is 16.6. The van der Waals surface area contributed by atoms with E-state index in [1.165, 1.54) is 0 Å². The van der Waals surface area contributed by atoms with Gasteiger partial charge in [-0.2, -0.15) is 0 Å². The molecule has 0 N–H and O–H groups in total. The van der Waals surface area contributed by atoms with Gasteiger partial charge in [-0.25, -0.2) is 4.79 Å². The summed E-state index contributed by atoms with van der Waals surface area (Å²) in [5.74, 6) is 0.894. The van der Waals surface area contributed by atoms with Crippen molar-refractivity contribution in [3.8, 4) is 0 Å². The molecule has 1 aliphatic heterocycles. The maximum Gasteiger partial charge on any atom is 0.410 e. The first-order valence-corrected chi connectivity index (χ1v) is 7.58. The number of benzene rings is 1. The third-order valence-electron chi connectivity index (χ3n) is 3.60.